The zero-order valence-corrected chi connectivity index (χ0v) is 31.7. The minimum absolute atomic E-state index is 0.891. The highest BCUT2D eigenvalue weighted by molar-refractivity contribution is 6.19. The summed E-state index contributed by atoms with van der Waals surface area (Å²) in [7, 11) is 0. The van der Waals surface area contributed by atoms with Crippen molar-refractivity contribution >= 4 is 60.5 Å². The highest BCUT2D eigenvalue weighted by atomic mass is 16.3. The Morgan fingerprint density at radius 2 is 0.828 bits per heavy atom. The fourth-order valence-corrected chi connectivity index (χ4v) is 8.54. The molecular formula is C56H37NO. The summed E-state index contributed by atoms with van der Waals surface area (Å²) < 4.78 is 6.58. The van der Waals surface area contributed by atoms with Gasteiger partial charge in [0.2, 0.25) is 0 Å². The summed E-state index contributed by atoms with van der Waals surface area (Å²) in [5, 5.41) is 7.08. The Labute approximate surface area is 337 Å². The summed E-state index contributed by atoms with van der Waals surface area (Å²) in [5.41, 5.74) is 14.5. The molecule has 0 amide bonds. The second-order valence-corrected chi connectivity index (χ2v) is 14.9. The van der Waals surface area contributed by atoms with Crippen molar-refractivity contribution in [2.75, 3.05) is 4.90 Å². The monoisotopic (exact) mass is 739 g/mol. The van der Waals surface area contributed by atoms with Crippen LogP contribution in [0.3, 0.4) is 0 Å². The first-order chi connectivity index (χ1) is 28.7. The maximum Gasteiger partial charge on any atom is 0.143 e. The summed E-state index contributed by atoms with van der Waals surface area (Å²) >= 11 is 0. The molecule has 0 radical (unpaired) electrons. The molecule has 0 saturated carbocycles. The number of nitrogens with zero attached hydrogens (tertiary/aromatic N) is 1. The Balaban J connectivity index is 0.993. The number of fused-ring (bicyclic) bond motifs is 6. The summed E-state index contributed by atoms with van der Waals surface area (Å²) in [6, 6.07) is 80.7. The second kappa shape index (κ2) is 14.1. The average Bonchev–Trinajstić information content (AvgIpc) is 3.70. The van der Waals surface area contributed by atoms with Crippen LogP contribution < -0.4 is 4.90 Å². The first kappa shape index (κ1) is 33.6. The van der Waals surface area contributed by atoms with Gasteiger partial charge in [0.25, 0.3) is 0 Å². The maximum atomic E-state index is 6.58. The van der Waals surface area contributed by atoms with Gasteiger partial charge in [0.15, 0.2) is 0 Å². The largest absolute Gasteiger partial charge is 0.455 e. The number of benzene rings is 10. The Morgan fingerprint density at radius 1 is 0.293 bits per heavy atom. The first-order valence-corrected chi connectivity index (χ1v) is 19.8. The van der Waals surface area contributed by atoms with E-state index in [0.717, 1.165) is 55.5 Å². The van der Waals surface area contributed by atoms with Gasteiger partial charge in [-0.3, -0.25) is 0 Å². The molecule has 10 aromatic carbocycles. The van der Waals surface area contributed by atoms with Crippen LogP contribution in [0.2, 0.25) is 0 Å². The number of anilines is 3. The first-order valence-electron chi connectivity index (χ1n) is 19.8. The topological polar surface area (TPSA) is 16.4 Å². The third-order valence-electron chi connectivity index (χ3n) is 11.4. The van der Waals surface area contributed by atoms with Crippen LogP contribution in [0.4, 0.5) is 17.1 Å². The van der Waals surface area contributed by atoms with Gasteiger partial charge >= 0.3 is 0 Å². The molecule has 0 fully saturated rings. The second-order valence-electron chi connectivity index (χ2n) is 14.9. The SMILES string of the molecule is c1ccc(-c2cccc(N(c3ccc(-c4ccc(-c5ccc6ccccc6c5)cc4)cc3)c3cccc(-c4cccc5oc6c7ccccc7ccc6c45)c3)c2)cc1. The van der Waals surface area contributed by atoms with Crippen molar-refractivity contribution in [1.82, 2.24) is 0 Å². The van der Waals surface area contributed by atoms with Crippen molar-refractivity contribution in [1.29, 1.82) is 0 Å². The van der Waals surface area contributed by atoms with Crippen LogP contribution in [0.15, 0.2) is 229 Å². The highest BCUT2D eigenvalue weighted by Gasteiger charge is 2.18. The van der Waals surface area contributed by atoms with E-state index in [1.54, 1.807) is 0 Å². The van der Waals surface area contributed by atoms with Crippen LogP contribution in [0.1, 0.15) is 0 Å². The van der Waals surface area contributed by atoms with Crippen molar-refractivity contribution in [3.05, 3.63) is 224 Å². The van der Waals surface area contributed by atoms with Gasteiger partial charge < -0.3 is 9.32 Å². The third-order valence-corrected chi connectivity index (χ3v) is 11.4. The van der Waals surface area contributed by atoms with Crippen LogP contribution in [-0.4, -0.2) is 0 Å². The minimum atomic E-state index is 0.891. The zero-order valence-electron chi connectivity index (χ0n) is 31.7. The van der Waals surface area contributed by atoms with Gasteiger partial charge in [0.05, 0.1) is 0 Å². The smallest absolute Gasteiger partial charge is 0.143 e. The molecule has 1 aromatic heterocycles. The van der Waals surface area contributed by atoms with E-state index in [-0.39, 0.29) is 0 Å². The van der Waals surface area contributed by atoms with Gasteiger partial charge in [-0.1, -0.05) is 170 Å². The molecule has 1 heterocycles. The summed E-state index contributed by atoms with van der Waals surface area (Å²) in [5.74, 6) is 0. The van der Waals surface area contributed by atoms with Crippen LogP contribution >= 0.6 is 0 Å². The number of rotatable bonds is 7. The fraction of sp³-hybridized carbons (Fsp3) is 0. The molecule has 0 N–H and O–H groups in total. The summed E-state index contributed by atoms with van der Waals surface area (Å²) in [6.45, 7) is 0. The molecule has 0 atom stereocenters. The number of hydrogen-bond acceptors (Lipinski definition) is 2. The van der Waals surface area contributed by atoms with Crippen molar-refractivity contribution in [3.63, 3.8) is 0 Å². The molecule has 0 spiro atoms. The Kier molecular flexibility index (Phi) is 8.19. The Bertz CT molecular complexity index is 3270. The van der Waals surface area contributed by atoms with Gasteiger partial charge in [0.1, 0.15) is 11.2 Å². The van der Waals surface area contributed by atoms with Crippen LogP contribution in [0, 0.1) is 0 Å². The lowest BCUT2D eigenvalue weighted by molar-refractivity contribution is 0.673. The van der Waals surface area contributed by atoms with E-state index in [0.29, 0.717) is 0 Å². The lowest BCUT2D eigenvalue weighted by Crippen LogP contribution is -2.10. The van der Waals surface area contributed by atoms with Gasteiger partial charge in [-0.2, -0.15) is 0 Å². The van der Waals surface area contributed by atoms with Crippen molar-refractivity contribution < 1.29 is 4.42 Å². The molecule has 11 aromatic rings. The predicted molar refractivity (Wildman–Crippen MR) is 245 cm³/mol. The molecular weight excluding hydrogens is 703 g/mol. The fourth-order valence-electron chi connectivity index (χ4n) is 8.54. The quantitative estimate of drug-likeness (QED) is 0.162. The Morgan fingerprint density at radius 3 is 1.60 bits per heavy atom. The van der Waals surface area contributed by atoms with Crippen LogP contribution in [0.25, 0.3) is 88.0 Å². The molecule has 0 saturated heterocycles. The van der Waals surface area contributed by atoms with Gasteiger partial charge in [-0.25, -0.2) is 0 Å². The molecule has 0 aliphatic carbocycles. The van der Waals surface area contributed by atoms with E-state index in [4.69, 9.17) is 4.42 Å². The van der Waals surface area contributed by atoms with Gasteiger partial charge in [-0.05, 0) is 115 Å². The molecule has 272 valence electrons. The van der Waals surface area contributed by atoms with Crippen molar-refractivity contribution in [3.8, 4) is 44.5 Å². The lowest BCUT2D eigenvalue weighted by atomic mass is 9.97. The zero-order chi connectivity index (χ0) is 38.4. The van der Waals surface area contributed by atoms with Crippen molar-refractivity contribution in [2.24, 2.45) is 0 Å². The van der Waals surface area contributed by atoms with Gasteiger partial charge in [-0.15, -0.1) is 0 Å². The molecule has 58 heavy (non-hydrogen) atoms. The number of hydrogen-bond donors (Lipinski definition) is 0. The maximum absolute atomic E-state index is 6.58. The standard InChI is InChI=1S/C56H37NO/c1-2-11-38(12-3-1)45-16-8-18-49(36-45)57(48-32-29-41(30-33-48)40-23-25-42(26-24-40)46-28-27-39-13-4-5-15-44(39)35-46)50-19-9-17-47(37-50)51-21-10-22-54-55(51)53-34-31-43-14-6-7-20-52(43)56(53)58-54/h1-37H. The number of furan rings is 1. The van der Waals surface area contributed by atoms with Gasteiger partial charge in [0, 0.05) is 33.2 Å². The van der Waals surface area contributed by atoms with E-state index in [1.807, 2.05) is 0 Å². The normalized spacial score (nSPS) is 11.4. The molecule has 11 rings (SSSR count). The summed E-state index contributed by atoms with van der Waals surface area (Å²) in [4.78, 5) is 2.36. The van der Waals surface area contributed by atoms with Crippen LogP contribution in [0.5, 0.6) is 0 Å². The molecule has 0 aliphatic rings. The molecule has 0 unspecified atom stereocenters. The third kappa shape index (κ3) is 6.00. The molecule has 0 aliphatic heterocycles. The van der Waals surface area contributed by atoms with Crippen LogP contribution in [-0.2, 0) is 0 Å². The highest BCUT2D eigenvalue weighted by Crippen LogP contribution is 2.43. The average molecular weight is 740 g/mol. The van der Waals surface area contributed by atoms with E-state index < -0.39 is 0 Å². The Hall–Kier alpha value is -7.68. The minimum Gasteiger partial charge on any atom is -0.455 e. The van der Waals surface area contributed by atoms with Crippen molar-refractivity contribution in [2.45, 2.75) is 0 Å². The predicted octanol–water partition coefficient (Wildman–Crippen LogP) is 16.0. The van der Waals surface area contributed by atoms with E-state index in [2.05, 4.69) is 229 Å². The van der Waals surface area contributed by atoms with E-state index >= 15 is 0 Å². The molecule has 2 nitrogen and oxygen atoms in total. The van der Waals surface area contributed by atoms with E-state index in [1.165, 1.54) is 49.5 Å². The van der Waals surface area contributed by atoms with E-state index in [9.17, 15) is 0 Å². The summed E-state index contributed by atoms with van der Waals surface area (Å²) in [6.07, 6.45) is 0. The lowest BCUT2D eigenvalue weighted by Gasteiger charge is -2.27. The molecule has 0 bridgehead atoms. The molecule has 2 heteroatoms.